The maximum absolute atomic E-state index is 12.4. The van der Waals surface area contributed by atoms with Gasteiger partial charge in [-0.2, -0.15) is 0 Å². The lowest BCUT2D eigenvalue weighted by Gasteiger charge is -2.43. The summed E-state index contributed by atoms with van der Waals surface area (Å²) in [5.74, 6) is 1.51. The molecule has 3 rings (SSSR count). The summed E-state index contributed by atoms with van der Waals surface area (Å²) in [6.45, 7) is 3.29. The number of halogens is 1. The Morgan fingerprint density at radius 3 is 2.64 bits per heavy atom. The Bertz CT molecular complexity index is 368. The molecule has 3 fully saturated rings. The van der Waals surface area contributed by atoms with Gasteiger partial charge in [0.15, 0.2) is 0 Å². The maximum Gasteiger partial charge on any atom is 0.223 e. The lowest BCUT2D eigenvalue weighted by atomic mass is 9.65. The van der Waals surface area contributed by atoms with Crippen molar-refractivity contribution in [3.8, 4) is 0 Å². The molecule has 0 aromatic rings. The summed E-state index contributed by atoms with van der Waals surface area (Å²) in [7, 11) is 2.10. The van der Waals surface area contributed by atoms with E-state index in [1.54, 1.807) is 0 Å². The van der Waals surface area contributed by atoms with Crippen molar-refractivity contribution in [1.29, 1.82) is 0 Å². The molecule has 3 aliphatic rings. The fraction of sp³-hybridized carbons (Fsp3) is 0.938. The molecule has 128 valence electrons. The van der Waals surface area contributed by atoms with E-state index in [2.05, 4.69) is 17.3 Å². The highest BCUT2D eigenvalue weighted by molar-refractivity contribution is 5.85. The first-order valence-corrected chi connectivity index (χ1v) is 8.47. The van der Waals surface area contributed by atoms with Crippen molar-refractivity contribution in [3.63, 3.8) is 0 Å². The van der Waals surface area contributed by atoms with Crippen LogP contribution in [0.1, 0.15) is 32.1 Å². The van der Waals surface area contributed by atoms with Crippen LogP contribution in [0.2, 0.25) is 0 Å². The summed E-state index contributed by atoms with van der Waals surface area (Å²) in [5, 5.41) is 3.12. The molecule has 0 radical (unpaired) electrons. The van der Waals surface area contributed by atoms with Gasteiger partial charge in [0.1, 0.15) is 0 Å². The zero-order valence-electron chi connectivity index (χ0n) is 13.5. The Hall–Kier alpha value is -0.360. The smallest absolute Gasteiger partial charge is 0.223 e. The van der Waals surface area contributed by atoms with Crippen LogP contribution >= 0.6 is 12.4 Å². The summed E-state index contributed by atoms with van der Waals surface area (Å²) < 4.78 is 5.70. The number of ether oxygens (including phenoxy) is 1. The van der Waals surface area contributed by atoms with Crippen molar-refractivity contribution in [2.75, 3.05) is 33.3 Å². The molecule has 6 heteroatoms. The van der Waals surface area contributed by atoms with Gasteiger partial charge in [-0.05, 0) is 44.6 Å². The summed E-state index contributed by atoms with van der Waals surface area (Å²) in [6, 6.07) is 0.332. The van der Waals surface area contributed by atoms with Gasteiger partial charge in [0, 0.05) is 31.6 Å². The fourth-order valence-electron chi connectivity index (χ4n) is 4.35. The number of fused-ring (bicyclic) bond motifs is 2. The SMILES string of the molecule is CN1CCOC(CNC(=O)C2CC3CCCC(C2)C3N)C1.Cl. The number of nitrogens with one attached hydrogen (secondary N) is 1. The summed E-state index contributed by atoms with van der Waals surface area (Å²) in [5.41, 5.74) is 6.30. The molecule has 1 amide bonds. The number of hydrogen-bond donors (Lipinski definition) is 2. The highest BCUT2D eigenvalue weighted by Gasteiger charge is 2.40. The number of hydrogen-bond acceptors (Lipinski definition) is 4. The van der Waals surface area contributed by atoms with E-state index < -0.39 is 0 Å². The number of rotatable bonds is 3. The maximum atomic E-state index is 12.4. The third kappa shape index (κ3) is 4.13. The zero-order chi connectivity index (χ0) is 14.8. The third-order valence-electron chi connectivity index (χ3n) is 5.63. The van der Waals surface area contributed by atoms with Gasteiger partial charge in [-0.25, -0.2) is 0 Å². The zero-order valence-corrected chi connectivity index (χ0v) is 14.3. The first kappa shape index (κ1) is 18.0. The van der Waals surface area contributed by atoms with Crippen molar-refractivity contribution < 1.29 is 9.53 Å². The number of morpholine rings is 1. The molecular formula is C16H30ClN3O2. The van der Waals surface area contributed by atoms with E-state index in [0.717, 1.165) is 32.5 Å². The molecule has 3 N–H and O–H groups in total. The van der Waals surface area contributed by atoms with Crippen LogP contribution in [0.4, 0.5) is 0 Å². The average molecular weight is 332 g/mol. The third-order valence-corrected chi connectivity index (χ3v) is 5.63. The van der Waals surface area contributed by atoms with Crippen LogP contribution < -0.4 is 11.1 Å². The Balaban J connectivity index is 0.00000176. The number of carbonyl (C=O) groups is 1. The second kappa shape index (κ2) is 7.95. The van der Waals surface area contributed by atoms with E-state index in [9.17, 15) is 4.79 Å². The lowest BCUT2D eigenvalue weighted by Crippen LogP contribution is -2.51. The van der Waals surface area contributed by atoms with Crippen molar-refractivity contribution in [2.24, 2.45) is 23.5 Å². The monoisotopic (exact) mass is 331 g/mol. The van der Waals surface area contributed by atoms with Crippen LogP contribution in [-0.2, 0) is 9.53 Å². The fourth-order valence-corrected chi connectivity index (χ4v) is 4.35. The predicted octanol–water partition coefficient (Wildman–Crippen LogP) is 1.01. The molecule has 5 nitrogen and oxygen atoms in total. The van der Waals surface area contributed by atoms with Crippen molar-refractivity contribution >= 4 is 18.3 Å². The molecule has 2 aliphatic carbocycles. The Kier molecular flexibility index (Phi) is 6.50. The highest BCUT2D eigenvalue weighted by atomic mass is 35.5. The molecule has 1 aliphatic heterocycles. The van der Waals surface area contributed by atoms with Crippen LogP contribution in [-0.4, -0.2) is 56.2 Å². The Morgan fingerprint density at radius 1 is 1.32 bits per heavy atom. The molecule has 0 spiro atoms. The normalized spacial score (nSPS) is 38.9. The first-order valence-electron chi connectivity index (χ1n) is 8.47. The van der Waals surface area contributed by atoms with E-state index in [1.165, 1.54) is 19.3 Å². The average Bonchev–Trinajstić information content (AvgIpc) is 2.44. The molecule has 3 atom stereocenters. The second-order valence-electron chi connectivity index (χ2n) is 7.20. The topological polar surface area (TPSA) is 67.6 Å². The molecule has 0 aromatic carbocycles. The largest absolute Gasteiger partial charge is 0.374 e. The molecule has 1 heterocycles. The lowest BCUT2D eigenvalue weighted by molar-refractivity contribution is -0.129. The second-order valence-corrected chi connectivity index (χ2v) is 7.20. The summed E-state index contributed by atoms with van der Waals surface area (Å²) in [6.07, 6.45) is 5.80. The summed E-state index contributed by atoms with van der Waals surface area (Å²) in [4.78, 5) is 14.7. The van der Waals surface area contributed by atoms with Gasteiger partial charge in [0.25, 0.3) is 0 Å². The molecule has 3 unspecified atom stereocenters. The van der Waals surface area contributed by atoms with Gasteiger partial charge < -0.3 is 20.7 Å². The minimum absolute atomic E-state index is 0. The van der Waals surface area contributed by atoms with Crippen LogP contribution in [0.5, 0.6) is 0 Å². The number of likely N-dealkylation sites (N-methyl/N-ethyl adjacent to an activating group) is 1. The van der Waals surface area contributed by atoms with Gasteiger partial charge in [-0.1, -0.05) is 6.42 Å². The molecule has 2 saturated carbocycles. The van der Waals surface area contributed by atoms with Gasteiger partial charge >= 0.3 is 0 Å². The molecule has 1 saturated heterocycles. The predicted molar refractivity (Wildman–Crippen MR) is 89.0 cm³/mol. The van der Waals surface area contributed by atoms with Crippen LogP contribution in [0, 0.1) is 17.8 Å². The number of nitrogens with zero attached hydrogens (tertiary/aromatic N) is 1. The van der Waals surface area contributed by atoms with Crippen molar-refractivity contribution in [3.05, 3.63) is 0 Å². The highest BCUT2D eigenvalue weighted by Crippen LogP contribution is 2.41. The van der Waals surface area contributed by atoms with Crippen LogP contribution in [0.3, 0.4) is 0 Å². The number of nitrogens with two attached hydrogens (primary N) is 1. The number of carbonyl (C=O) groups excluding carboxylic acids is 1. The first-order chi connectivity index (χ1) is 10.1. The minimum atomic E-state index is 0. The van der Waals surface area contributed by atoms with Crippen molar-refractivity contribution in [2.45, 2.75) is 44.2 Å². The quantitative estimate of drug-likeness (QED) is 0.810. The van der Waals surface area contributed by atoms with Gasteiger partial charge in [-0.15, -0.1) is 12.4 Å². The number of amides is 1. The van der Waals surface area contributed by atoms with Gasteiger partial charge in [0.05, 0.1) is 12.7 Å². The van der Waals surface area contributed by atoms with Crippen LogP contribution in [0.25, 0.3) is 0 Å². The Labute approximate surface area is 139 Å². The summed E-state index contributed by atoms with van der Waals surface area (Å²) >= 11 is 0. The molecule has 0 aromatic heterocycles. The van der Waals surface area contributed by atoms with Crippen molar-refractivity contribution in [1.82, 2.24) is 10.2 Å². The van der Waals surface area contributed by atoms with E-state index >= 15 is 0 Å². The van der Waals surface area contributed by atoms with E-state index in [1.807, 2.05) is 0 Å². The standard InChI is InChI=1S/C16H29N3O2.ClH/c1-19-5-6-21-14(10-19)9-18-16(20)13-7-11-3-2-4-12(8-13)15(11)17;/h11-15H,2-10,17H2,1H3,(H,18,20);1H. The Morgan fingerprint density at radius 2 is 2.00 bits per heavy atom. The molecular weight excluding hydrogens is 302 g/mol. The van der Waals surface area contributed by atoms with Gasteiger partial charge in [0.2, 0.25) is 5.91 Å². The minimum Gasteiger partial charge on any atom is -0.374 e. The van der Waals surface area contributed by atoms with Crippen LogP contribution in [0.15, 0.2) is 0 Å². The van der Waals surface area contributed by atoms with Gasteiger partial charge in [-0.3, -0.25) is 4.79 Å². The van der Waals surface area contributed by atoms with E-state index in [0.29, 0.717) is 24.4 Å². The van der Waals surface area contributed by atoms with E-state index in [4.69, 9.17) is 10.5 Å². The van der Waals surface area contributed by atoms with E-state index in [-0.39, 0.29) is 30.3 Å². The molecule has 22 heavy (non-hydrogen) atoms. The molecule has 2 bridgehead atoms.